The molecule has 84 valence electrons. The van der Waals surface area contributed by atoms with Crippen molar-refractivity contribution < 1.29 is 0 Å². The standard InChI is InChI=1S/C12H18ClNO/c1-8(2)14-10(12(3,4)5)6-9(13)7-11(14)15/h6-8H,1-5H3. The summed E-state index contributed by atoms with van der Waals surface area (Å²) in [4.78, 5) is 11.8. The van der Waals surface area contributed by atoms with E-state index >= 15 is 0 Å². The highest BCUT2D eigenvalue weighted by atomic mass is 35.5. The van der Waals surface area contributed by atoms with E-state index < -0.39 is 0 Å². The zero-order valence-corrected chi connectivity index (χ0v) is 10.7. The first-order valence-electron chi connectivity index (χ1n) is 5.16. The third-order valence-electron chi connectivity index (χ3n) is 2.32. The highest BCUT2D eigenvalue weighted by molar-refractivity contribution is 6.30. The molecule has 1 aromatic heterocycles. The molecule has 0 aliphatic carbocycles. The molecule has 1 rings (SSSR count). The van der Waals surface area contributed by atoms with Crippen molar-refractivity contribution in [2.75, 3.05) is 0 Å². The third kappa shape index (κ3) is 2.63. The Morgan fingerprint density at radius 2 is 1.80 bits per heavy atom. The summed E-state index contributed by atoms with van der Waals surface area (Å²) < 4.78 is 1.80. The number of hydrogen-bond donors (Lipinski definition) is 0. The smallest absolute Gasteiger partial charge is 0.252 e. The van der Waals surface area contributed by atoms with Gasteiger partial charge in [0.2, 0.25) is 0 Å². The predicted molar refractivity (Wildman–Crippen MR) is 64.8 cm³/mol. The molecule has 0 aliphatic heterocycles. The Bertz CT molecular complexity index is 413. The molecule has 0 radical (unpaired) electrons. The maximum absolute atomic E-state index is 11.8. The second-order valence-corrected chi connectivity index (χ2v) is 5.55. The first-order valence-corrected chi connectivity index (χ1v) is 5.54. The molecule has 0 saturated carbocycles. The Balaban J connectivity index is 3.55. The molecule has 1 heterocycles. The summed E-state index contributed by atoms with van der Waals surface area (Å²) >= 11 is 5.92. The Morgan fingerprint density at radius 3 is 2.20 bits per heavy atom. The van der Waals surface area contributed by atoms with Gasteiger partial charge < -0.3 is 4.57 Å². The largest absolute Gasteiger partial charge is 0.310 e. The summed E-state index contributed by atoms with van der Waals surface area (Å²) in [6.45, 7) is 10.3. The number of halogens is 1. The maximum Gasteiger partial charge on any atom is 0.252 e. The number of rotatable bonds is 1. The highest BCUT2D eigenvalue weighted by Gasteiger charge is 2.20. The van der Waals surface area contributed by atoms with Crippen molar-refractivity contribution in [3.63, 3.8) is 0 Å². The lowest BCUT2D eigenvalue weighted by atomic mass is 9.91. The minimum absolute atomic E-state index is 0.0255. The maximum atomic E-state index is 11.8. The number of pyridine rings is 1. The predicted octanol–water partition coefficient (Wildman–Crippen LogP) is 3.38. The zero-order chi connectivity index (χ0) is 11.8. The molecule has 0 bridgehead atoms. The van der Waals surface area contributed by atoms with Gasteiger partial charge in [-0.2, -0.15) is 0 Å². The topological polar surface area (TPSA) is 22.0 Å². The van der Waals surface area contributed by atoms with E-state index in [-0.39, 0.29) is 17.0 Å². The fourth-order valence-corrected chi connectivity index (χ4v) is 1.86. The summed E-state index contributed by atoms with van der Waals surface area (Å²) in [7, 11) is 0. The molecular weight excluding hydrogens is 210 g/mol. The Kier molecular flexibility index (Phi) is 3.29. The molecular formula is C12H18ClNO. The van der Waals surface area contributed by atoms with Crippen LogP contribution in [-0.2, 0) is 5.41 Å². The summed E-state index contributed by atoms with van der Waals surface area (Å²) in [5, 5.41) is 0.516. The zero-order valence-electron chi connectivity index (χ0n) is 9.97. The molecule has 15 heavy (non-hydrogen) atoms. The van der Waals surface area contributed by atoms with Crippen molar-refractivity contribution in [2.24, 2.45) is 0 Å². The number of aromatic nitrogens is 1. The van der Waals surface area contributed by atoms with Crippen LogP contribution in [0.1, 0.15) is 46.4 Å². The van der Waals surface area contributed by atoms with Gasteiger partial charge in [0.25, 0.3) is 5.56 Å². The van der Waals surface area contributed by atoms with Crippen LogP contribution >= 0.6 is 11.6 Å². The summed E-state index contributed by atoms with van der Waals surface area (Å²) in [5.74, 6) is 0. The second kappa shape index (κ2) is 4.01. The van der Waals surface area contributed by atoms with E-state index in [9.17, 15) is 4.79 Å². The fourth-order valence-electron chi connectivity index (χ4n) is 1.66. The van der Waals surface area contributed by atoms with Crippen LogP contribution in [0.2, 0.25) is 5.02 Å². The quantitative estimate of drug-likeness (QED) is 0.721. The van der Waals surface area contributed by atoms with E-state index in [0.717, 1.165) is 5.69 Å². The molecule has 0 aromatic carbocycles. The van der Waals surface area contributed by atoms with Gasteiger partial charge in [-0.25, -0.2) is 0 Å². The minimum atomic E-state index is -0.0751. The van der Waals surface area contributed by atoms with Crippen molar-refractivity contribution in [3.05, 3.63) is 33.2 Å². The van der Waals surface area contributed by atoms with E-state index in [0.29, 0.717) is 5.02 Å². The molecule has 0 aliphatic rings. The average molecular weight is 228 g/mol. The van der Waals surface area contributed by atoms with Crippen LogP contribution in [0.3, 0.4) is 0 Å². The van der Waals surface area contributed by atoms with Crippen LogP contribution in [0.25, 0.3) is 0 Å². The van der Waals surface area contributed by atoms with E-state index in [4.69, 9.17) is 11.6 Å². The van der Waals surface area contributed by atoms with Gasteiger partial charge in [0.1, 0.15) is 0 Å². The normalized spacial score (nSPS) is 12.2. The van der Waals surface area contributed by atoms with Gasteiger partial charge in [0.15, 0.2) is 0 Å². The van der Waals surface area contributed by atoms with Crippen molar-refractivity contribution >= 4 is 11.6 Å². The molecule has 0 unspecified atom stereocenters. The average Bonchev–Trinajstić information content (AvgIpc) is 1.99. The molecule has 3 heteroatoms. The molecule has 2 nitrogen and oxygen atoms in total. The fraction of sp³-hybridized carbons (Fsp3) is 0.583. The first-order chi connectivity index (χ1) is 6.73. The minimum Gasteiger partial charge on any atom is -0.310 e. The lowest BCUT2D eigenvalue weighted by Crippen LogP contribution is -2.30. The number of hydrogen-bond acceptors (Lipinski definition) is 1. The Hall–Kier alpha value is -0.760. The summed E-state index contributed by atoms with van der Waals surface area (Å²) in [6, 6.07) is 3.50. The monoisotopic (exact) mass is 227 g/mol. The van der Waals surface area contributed by atoms with Crippen molar-refractivity contribution in [2.45, 2.75) is 46.1 Å². The van der Waals surface area contributed by atoms with Crippen LogP contribution in [0.4, 0.5) is 0 Å². The van der Waals surface area contributed by atoms with Crippen LogP contribution in [0.15, 0.2) is 16.9 Å². The summed E-state index contributed by atoms with van der Waals surface area (Å²) in [5.41, 5.74) is 0.881. The van der Waals surface area contributed by atoms with Crippen molar-refractivity contribution in [1.29, 1.82) is 0 Å². The molecule has 0 saturated heterocycles. The van der Waals surface area contributed by atoms with Gasteiger partial charge in [0, 0.05) is 28.2 Å². The van der Waals surface area contributed by atoms with Crippen molar-refractivity contribution in [1.82, 2.24) is 4.57 Å². The van der Waals surface area contributed by atoms with Gasteiger partial charge in [-0.3, -0.25) is 4.79 Å². The summed E-state index contributed by atoms with van der Waals surface area (Å²) in [6.07, 6.45) is 0. The van der Waals surface area contributed by atoms with Gasteiger partial charge in [-0.15, -0.1) is 0 Å². The lowest BCUT2D eigenvalue weighted by Gasteiger charge is -2.26. The lowest BCUT2D eigenvalue weighted by molar-refractivity contribution is 0.467. The number of nitrogens with zero attached hydrogens (tertiary/aromatic N) is 1. The van der Waals surface area contributed by atoms with Gasteiger partial charge >= 0.3 is 0 Å². The van der Waals surface area contributed by atoms with Gasteiger partial charge in [-0.05, 0) is 19.9 Å². The van der Waals surface area contributed by atoms with E-state index in [1.54, 1.807) is 4.57 Å². The van der Waals surface area contributed by atoms with Crippen LogP contribution in [0.5, 0.6) is 0 Å². The molecule has 0 atom stereocenters. The van der Waals surface area contributed by atoms with Crippen LogP contribution in [0, 0.1) is 0 Å². The third-order valence-corrected chi connectivity index (χ3v) is 2.54. The van der Waals surface area contributed by atoms with E-state index in [1.807, 2.05) is 19.9 Å². The second-order valence-electron chi connectivity index (χ2n) is 5.11. The van der Waals surface area contributed by atoms with Crippen LogP contribution < -0.4 is 5.56 Å². The first kappa shape index (κ1) is 12.3. The SMILES string of the molecule is CC(C)n1c(C(C)(C)C)cc(Cl)cc1=O. The molecule has 1 aromatic rings. The highest BCUT2D eigenvalue weighted by Crippen LogP contribution is 2.25. The molecule has 0 fully saturated rings. The Morgan fingerprint density at radius 1 is 1.27 bits per heavy atom. The van der Waals surface area contributed by atoms with Crippen LogP contribution in [-0.4, -0.2) is 4.57 Å². The van der Waals surface area contributed by atoms with E-state index in [1.165, 1.54) is 6.07 Å². The van der Waals surface area contributed by atoms with Crippen molar-refractivity contribution in [3.8, 4) is 0 Å². The van der Waals surface area contributed by atoms with Gasteiger partial charge in [-0.1, -0.05) is 32.4 Å². The molecule has 0 amide bonds. The van der Waals surface area contributed by atoms with E-state index in [2.05, 4.69) is 20.8 Å². The van der Waals surface area contributed by atoms with Gasteiger partial charge in [0.05, 0.1) is 0 Å². The Labute approximate surface area is 95.9 Å². The molecule has 0 N–H and O–H groups in total. The molecule has 0 spiro atoms.